The molecule has 1 aromatic heterocycles. The summed E-state index contributed by atoms with van der Waals surface area (Å²) in [7, 11) is 0. The van der Waals surface area contributed by atoms with Crippen LogP contribution in [0.4, 0.5) is 5.69 Å². The van der Waals surface area contributed by atoms with E-state index >= 15 is 0 Å². The van der Waals surface area contributed by atoms with Crippen molar-refractivity contribution in [3.63, 3.8) is 0 Å². The first kappa shape index (κ1) is 12.3. The van der Waals surface area contributed by atoms with E-state index in [1.54, 1.807) is 12.3 Å². The van der Waals surface area contributed by atoms with Crippen molar-refractivity contribution in [3.8, 4) is 0 Å². The van der Waals surface area contributed by atoms with Crippen LogP contribution in [0.5, 0.6) is 0 Å². The number of nitrogens with two attached hydrogens (primary N) is 1. The fourth-order valence-corrected chi connectivity index (χ4v) is 2.24. The van der Waals surface area contributed by atoms with Gasteiger partial charge >= 0.3 is 0 Å². The zero-order valence-electron chi connectivity index (χ0n) is 9.40. The molecule has 0 unspecified atom stereocenters. The molecule has 0 radical (unpaired) electrons. The Hall–Kier alpha value is -1.14. The highest BCUT2D eigenvalue weighted by Crippen LogP contribution is 2.25. The summed E-state index contributed by atoms with van der Waals surface area (Å²) in [4.78, 5) is 11.9. The summed E-state index contributed by atoms with van der Waals surface area (Å²) in [5.74, 6) is 0. The van der Waals surface area contributed by atoms with Gasteiger partial charge in [-0.3, -0.25) is 4.79 Å². The van der Waals surface area contributed by atoms with Gasteiger partial charge in [0, 0.05) is 12.1 Å². The van der Waals surface area contributed by atoms with Gasteiger partial charge in [0.1, 0.15) is 4.47 Å². The second-order valence-corrected chi connectivity index (χ2v) is 5.01. The van der Waals surface area contributed by atoms with Gasteiger partial charge in [-0.1, -0.05) is 6.08 Å². The molecule has 2 rings (SSSR count). The SMILES string of the molecule is C=CCn1ncc(NC2CC(N)C2)c(Br)c1=O. The third-order valence-electron chi connectivity index (χ3n) is 2.82. The fraction of sp³-hybridized carbons (Fsp3) is 0.455. The van der Waals surface area contributed by atoms with E-state index in [0.29, 0.717) is 17.1 Å². The van der Waals surface area contributed by atoms with Gasteiger partial charge in [0.15, 0.2) is 0 Å². The maximum atomic E-state index is 11.9. The van der Waals surface area contributed by atoms with Crippen LogP contribution in [-0.4, -0.2) is 21.9 Å². The van der Waals surface area contributed by atoms with Gasteiger partial charge in [-0.05, 0) is 28.8 Å². The van der Waals surface area contributed by atoms with E-state index in [9.17, 15) is 4.79 Å². The first-order valence-electron chi connectivity index (χ1n) is 5.50. The summed E-state index contributed by atoms with van der Waals surface area (Å²) in [5, 5.41) is 7.33. The van der Waals surface area contributed by atoms with E-state index in [1.165, 1.54) is 4.68 Å². The maximum absolute atomic E-state index is 11.9. The standard InChI is InChI=1S/C11H15BrN4O/c1-2-3-16-11(17)10(12)9(6-14-16)15-8-4-7(13)5-8/h2,6-8,15H,1,3-5,13H2. The molecule has 1 aliphatic rings. The minimum absolute atomic E-state index is 0.154. The first-order valence-corrected chi connectivity index (χ1v) is 6.29. The minimum Gasteiger partial charge on any atom is -0.380 e. The topological polar surface area (TPSA) is 72.9 Å². The lowest BCUT2D eigenvalue weighted by molar-refractivity contribution is 0.373. The molecule has 0 saturated heterocycles. The van der Waals surface area contributed by atoms with E-state index in [0.717, 1.165) is 18.5 Å². The Morgan fingerprint density at radius 3 is 3.00 bits per heavy atom. The summed E-state index contributed by atoms with van der Waals surface area (Å²) < 4.78 is 1.87. The molecule has 1 aliphatic carbocycles. The summed E-state index contributed by atoms with van der Waals surface area (Å²) in [6.45, 7) is 3.99. The molecule has 0 atom stereocenters. The third-order valence-corrected chi connectivity index (χ3v) is 3.59. The fourth-order valence-electron chi connectivity index (χ4n) is 1.82. The van der Waals surface area contributed by atoms with Crippen molar-refractivity contribution in [1.29, 1.82) is 0 Å². The molecule has 0 aliphatic heterocycles. The molecular formula is C11H15BrN4O. The van der Waals surface area contributed by atoms with Crippen LogP contribution in [0.15, 0.2) is 28.1 Å². The summed E-state index contributed by atoms with van der Waals surface area (Å²) in [6.07, 6.45) is 5.15. The quantitative estimate of drug-likeness (QED) is 0.816. The molecular weight excluding hydrogens is 284 g/mol. The van der Waals surface area contributed by atoms with Gasteiger partial charge < -0.3 is 11.1 Å². The molecule has 0 amide bonds. The lowest BCUT2D eigenvalue weighted by Gasteiger charge is -2.33. The third kappa shape index (κ3) is 2.58. The van der Waals surface area contributed by atoms with E-state index in [4.69, 9.17) is 5.73 Å². The number of nitrogens with one attached hydrogen (secondary N) is 1. The van der Waals surface area contributed by atoms with Crippen LogP contribution in [0.25, 0.3) is 0 Å². The van der Waals surface area contributed by atoms with Crippen LogP contribution in [0.1, 0.15) is 12.8 Å². The Morgan fingerprint density at radius 1 is 1.71 bits per heavy atom. The zero-order chi connectivity index (χ0) is 12.4. The number of halogens is 1. The number of nitrogens with zero attached hydrogens (tertiary/aromatic N) is 2. The Morgan fingerprint density at radius 2 is 2.41 bits per heavy atom. The summed E-state index contributed by atoms with van der Waals surface area (Å²) >= 11 is 3.30. The van der Waals surface area contributed by atoms with Crippen molar-refractivity contribution in [1.82, 2.24) is 9.78 Å². The predicted molar refractivity (Wildman–Crippen MR) is 71.0 cm³/mol. The average Bonchev–Trinajstić information content (AvgIpc) is 2.26. The normalized spacial score (nSPS) is 22.9. The number of allylic oxidation sites excluding steroid dienone is 1. The van der Waals surface area contributed by atoms with Gasteiger partial charge in [-0.15, -0.1) is 6.58 Å². The van der Waals surface area contributed by atoms with Gasteiger partial charge in [-0.25, -0.2) is 4.68 Å². The van der Waals surface area contributed by atoms with E-state index in [2.05, 4.69) is 32.9 Å². The van der Waals surface area contributed by atoms with Crippen LogP contribution >= 0.6 is 15.9 Å². The number of anilines is 1. The van der Waals surface area contributed by atoms with E-state index in [1.807, 2.05) is 0 Å². The highest BCUT2D eigenvalue weighted by Gasteiger charge is 2.26. The summed E-state index contributed by atoms with van der Waals surface area (Å²) in [5.41, 5.74) is 6.28. The minimum atomic E-state index is -0.154. The molecule has 17 heavy (non-hydrogen) atoms. The smallest absolute Gasteiger partial charge is 0.283 e. The van der Waals surface area contributed by atoms with Gasteiger partial charge in [0.25, 0.3) is 5.56 Å². The lowest BCUT2D eigenvalue weighted by Crippen LogP contribution is -2.44. The Bertz CT molecular complexity index is 479. The van der Waals surface area contributed by atoms with Gasteiger partial charge in [0.2, 0.25) is 0 Å². The van der Waals surface area contributed by atoms with Crippen LogP contribution in [-0.2, 0) is 6.54 Å². The Kier molecular flexibility index (Phi) is 3.63. The van der Waals surface area contributed by atoms with E-state index in [-0.39, 0.29) is 11.6 Å². The number of hydrogen-bond acceptors (Lipinski definition) is 4. The van der Waals surface area contributed by atoms with E-state index < -0.39 is 0 Å². The van der Waals surface area contributed by atoms with Crippen LogP contribution in [0, 0.1) is 0 Å². The van der Waals surface area contributed by atoms with Crippen molar-refractivity contribution in [2.45, 2.75) is 31.5 Å². The predicted octanol–water partition coefficient (Wildman–Crippen LogP) is 1.09. The number of aromatic nitrogens is 2. The molecule has 1 heterocycles. The molecule has 0 spiro atoms. The second kappa shape index (κ2) is 5.01. The second-order valence-electron chi connectivity index (χ2n) is 4.22. The average molecular weight is 299 g/mol. The van der Waals surface area contributed by atoms with Crippen molar-refractivity contribution >= 4 is 21.6 Å². The molecule has 6 heteroatoms. The number of hydrogen-bond donors (Lipinski definition) is 2. The first-order chi connectivity index (χ1) is 8.11. The van der Waals surface area contributed by atoms with Crippen LogP contribution in [0.3, 0.4) is 0 Å². The lowest BCUT2D eigenvalue weighted by atomic mass is 9.87. The monoisotopic (exact) mass is 298 g/mol. The Labute approximate surface area is 108 Å². The van der Waals surface area contributed by atoms with Crippen molar-refractivity contribution in [2.75, 3.05) is 5.32 Å². The van der Waals surface area contributed by atoms with Crippen molar-refractivity contribution in [3.05, 3.63) is 33.7 Å². The van der Waals surface area contributed by atoms with Crippen molar-refractivity contribution < 1.29 is 0 Å². The molecule has 1 aromatic rings. The Balaban J connectivity index is 2.16. The molecule has 92 valence electrons. The van der Waals surface area contributed by atoms with Crippen LogP contribution < -0.4 is 16.6 Å². The molecule has 3 N–H and O–H groups in total. The largest absolute Gasteiger partial charge is 0.380 e. The van der Waals surface area contributed by atoms with Gasteiger partial charge in [0.05, 0.1) is 18.4 Å². The van der Waals surface area contributed by atoms with Crippen molar-refractivity contribution in [2.24, 2.45) is 5.73 Å². The van der Waals surface area contributed by atoms with Crippen LogP contribution in [0.2, 0.25) is 0 Å². The zero-order valence-corrected chi connectivity index (χ0v) is 11.0. The van der Waals surface area contributed by atoms with Gasteiger partial charge in [-0.2, -0.15) is 5.10 Å². The molecule has 5 nitrogen and oxygen atoms in total. The molecule has 0 aromatic carbocycles. The highest BCUT2D eigenvalue weighted by molar-refractivity contribution is 9.10. The summed E-state index contributed by atoms with van der Waals surface area (Å²) in [6, 6.07) is 0.623. The number of rotatable bonds is 4. The maximum Gasteiger partial charge on any atom is 0.283 e. The molecule has 1 fully saturated rings. The molecule has 1 saturated carbocycles. The highest BCUT2D eigenvalue weighted by atomic mass is 79.9. The molecule has 0 bridgehead atoms.